The van der Waals surface area contributed by atoms with Crippen LogP contribution in [0.4, 0.5) is 5.69 Å². The Labute approximate surface area is 145 Å². The Morgan fingerprint density at radius 2 is 2.17 bits per heavy atom. The van der Waals surface area contributed by atoms with Gasteiger partial charge in [-0.2, -0.15) is 5.10 Å². The molecule has 0 aliphatic rings. The number of hydrogen-bond acceptors (Lipinski definition) is 5. The van der Waals surface area contributed by atoms with Crippen molar-refractivity contribution in [1.82, 2.24) is 9.78 Å². The molecule has 1 N–H and O–H groups in total. The van der Waals surface area contributed by atoms with Gasteiger partial charge in [0.1, 0.15) is 18.5 Å². The van der Waals surface area contributed by atoms with Gasteiger partial charge in [0.05, 0.1) is 23.2 Å². The van der Waals surface area contributed by atoms with E-state index in [1.165, 1.54) is 16.8 Å². The zero-order valence-corrected chi connectivity index (χ0v) is 14.1. The number of aliphatic hydroxyl groups excluding tert-OH is 1. The third-order valence-corrected chi connectivity index (χ3v) is 3.95. The lowest BCUT2D eigenvalue weighted by Gasteiger charge is -2.13. The molecule has 3 aromatic rings. The highest BCUT2D eigenvalue weighted by molar-refractivity contribution is 9.10. The summed E-state index contributed by atoms with van der Waals surface area (Å²) in [6, 6.07) is 11.8. The smallest absolute Gasteiger partial charge is 0.271 e. The number of benzene rings is 2. The van der Waals surface area contributed by atoms with Crippen LogP contribution in [0.3, 0.4) is 0 Å². The minimum atomic E-state index is -0.800. The first-order valence-electron chi connectivity index (χ1n) is 7.19. The Hall–Kier alpha value is -2.45. The Bertz CT molecular complexity index is 881. The summed E-state index contributed by atoms with van der Waals surface area (Å²) in [6.07, 6.45) is 0.812. The van der Waals surface area contributed by atoms with E-state index in [-0.39, 0.29) is 18.8 Å². The maximum Gasteiger partial charge on any atom is 0.271 e. The highest BCUT2D eigenvalue weighted by atomic mass is 79.9. The van der Waals surface area contributed by atoms with E-state index in [0.29, 0.717) is 11.3 Å². The summed E-state index contributed by atoms with van der Waals surface area (Å²) in [5, 5.41) is 26.0. The van der Waals surface area contributed by atoms with Crippen LogP contribution in [-0.2, 0) is 6.54 Å². The van der Waals surface area contributed by atoms with Crippen LogP contribution < -0.4 is 4.74 Å². The van der Waals surface area contributed by atoms with Crippen molar-refractivity contribution in [2.45, 2.75) is 12.6 Å². The molecule has 1 heterocycles. The maximum atomic E-state index is 10.9. The van der Waals surface area contributed by atoms with Gasteiger partial charge in [0.25, 0.3) is 5.69 Å². The zero-order chi connectivity index (χ0) is 17.1. The molecule has 1 aromatic heterocycles. The summed E-state index contributed by atoms with van der Waals surface area (Å²) < 4.78 is 7.97. The first kappa shape index (κ1) is 16.4. The number of aliphatic hydroxyl groups is 1. The lowest BCUT2D eigenvalue weighted by Crippen LogP contribution is -2.24. The molecule has 3 rings (SSSR count). The average molecular weight is 392 g/mol. The van der Waals surface area contributed by atoms with Crippen molar-refractivity contribution < 1.29 is 14.8 Å². The van der Waals surface area contributed by atoms with Gasteiger partial charge in [-0.1, -0.05) is 22.0 Å². The Kier molecular flexibility index (Phi) is 4.77. The second-order valence-corrected chi connectivity index (χ2v) is 6.16. The van der Waals surface area contributed by atoms with E-state index in [1.54, 1.807) is 24.4 Å². The molecule has 1 atom stereocenters. The largest absolute Gasteiger partial charge is 0.491 e. The second kappa shape index (κ2) is 6.98. The summed E-state index contributed by atoms with van der Waals surface area (Å²) in [6.45, 7) is 0.269. The van der Waals surface area contributed by atoms with Gasteiger partial charge >= 0.3 is 0 Å². The van der Waals surface area contributed by atoms with Crippen LogP contribution in [0.25, 0.3) is 10.9 Å². The minimum Gasteiger partial charge on any atom is -0.491 e. The van der Waals surface area contributed by atoms with Gasteiger partial charge in [0.2, 0.25) is 0 Å². The highest BCUT2D eigenvalue weighted by Gasteiger charge is 2.13. The van der Waals surface area contributed by atoms with E-state index < -0.39 is 11.0 Å². The molecule has 0 fully saturated rings. The van der Waals surface area contributed by atoms with Crippen LogP contribution in [-0.4, -0.2) is 32.5 Å². The SMILES string of the molecule is O=[N+]([O-])c1ccc2cnn(C[C@@H](O)COc3cccc(Br)c3)c2c1. The lowest BCUT2D eigenvalue weighted by molar-refractivity contribution is -0.384. The number of rotatable bonds is 6. The Morgan fingerprint density at radius 3 is 2.92 bits per heavy atom. The zero-order valence-electron chi connectivity index (χ0n) is 12.5. The molecule has 0 radical (unpaired) electrons. The maximum absolute atomic E-state index is 10.9. The van der Waals surface area contributed by atoms with Gasteiger partial charge in [0.15, 0.2) is 0 Å². The standard InChI is InChI=1S/C16H14BrN3O4/c17-12-2-1-3-15(6-12)24-10-14(21)9-19-16-7-13(20(22)23)5-4-11(16)8-18-19/h1-8,14,21H,9-10H2/t14-/m1/s1. The quantitative estimate of drug-likeness (QED) is 0.514. The number of nitrogens with zero attached hydrogens (tertiary/aromatic N) is 3. The number of aromatic nitrogens is 2. The van der Waals surface area contributed by atoms with Gasteiger partial charge in [-0.05, 0) is 24.3 Å². The summed E-state index contributed by atoms with van der Waals surface area (Å²) in [4.78, 5) is 10.4. The van der Waals surface area contributed by atoms with Crippen molar-refractivity contribution in [2.75, 3.05) is 6.61 Å². The van der Waals surface area contributed by atoms with E-state index in [2.05, 4.69) is 21.0 Å². The molecule has 124 valence electrons. The van der Waals surface area contributed by atoms with E-state index in [0.717, 1.165) is 9.86 Å². The van der Waals surface area contributed by atoms with Gasteiger partial charge in [0, 0.05) is 22.0 Å². The fourth-order valence-electron chi connectivity index (χ4n) is 2.32. The molecule has 0 bridgehead atoms. The average Bonchev–Trinajstić information content (AvgIpc) is 2.95. The van der Waals surface area contributed by atoms with Crippen LogP contribution in [0.2, 0.25) is 0 Å². The lowest BCUT2D eigenvalue weighted by atomic mass is 10.2. The van der Waals surface area contributed by atoms with Crippen LogP contribution >= 0.6 is 15.9 Å². The number of fused-ring (bicyclic) bond motifs is 1. The van der Waals surface area contributed by atoms with Crippen LogP contribution in [0.1, 0.15) is 0 Å². The molecule has 2 aromatic carbocycles. The molecule has 0 saturated carbocycles. The second-order valence-electron chi connectivity index (χ2n) is 5.25. The minimum absolute atomic E-state index is 0.0101. The van der Waals surface area contributed by atoms with Crippen LogP contribution in [0.5, 0.6) is 5.75 Å². The molecular weight excluding hydrogens is 378 g/mol. The fourth-order valence-corrected chi connectivity index (χ4v) is 2.70. The normalized spacial score (nSPS) is 12.2. The number of halogens is 1. The van der Waals surface area contributed by atoms with Crippen molar-refractivity contribution in [3.63, 3.8) is 0 Å². The van der Waals surface area contributed by atoms with Crippen molar-refractivity contribution in [2.24, 2.45) is 0 Å². The van der Waals surface area contributed by atoms with E-state index >= 15 is 0 Å². The van der Waals surface area contributed by atoms with Crippen molar-refractivity contribution in [1.29, 1.82) is 0 Å². The first-order chi connectivity index (χ1) is 11.5. The van der Waals surface area contributed by atoms with Gasteiger partial charge in [-0.15, -0.1) is 0 Å². The number of nitro benzene ring substituents is 1. The monoisotopic (exact) mass is 391 g/mol. The third kappa shape index (κ3) is 3.72. The molecule has 0 unspecified atom stereocenters. The Morgan fingerprint density at radius 1 is 1.33 bits per heavy atom. The summed E-state index contributed by atoms with van der Waals surface area (Å²) in [7, 11) is 0. The third-order valence-electron chi connectivity index (χ3n) is 3.46. The summed E-state index contributed by atoms with van der Waals surface area (Å²) >= 11 is 3.35. The number of hydrogen-bond donors (Lipinski definition) is 1. The number of nitro groups is 1. The number of ether oxygens (including phenoxy) is 1. The van der Waals surface area contributed by atoms with E-state index in [1.807, 2.05) is 12.1 Å². The summed E-state index contributed by atoms with van der Waals surface area (Å²) in [5.74, 6) is 0.643. The molecule has 0 spiro atoms. The highest BCUT2D eigenvalue weighted by Crippen LogP contribution is 2.21. The molecule has 0 aliphatic carbocycles. The van der Waals surface area contributed by atoms with Crippen molar-refractivity contribution >= 4 is 32.5 Å². The molecule has 0 aliphatic heterocycles. The molecule has 7 nitrogen and oxygen atoms in total. The molecule has 0 amide bonds. The van der Waals surface area contributed by atoms with Crippen molar-refractivity contribution in [3.8, 4) is 5.75 Å². The Balaban J connectivity index is 1.69. The fraction of sp³-hybridized carbons (Fsp3) is 0.188. The first-order valence-corrected chi connectivity index (χ1v) is 7.98. The van der Waals surface area contributed by atoms with Crippen LogP contribution in [0.15, 0.2) is 53.1 Å². The van der Waals surface area contributed by atoms with Gasteiger partial charge < -0.3 is 9.84 Å². The molecular formula is C16H14BrN3O4. The predicted octanol–water partition coefficient (Wildman–Crippen LogP) is 3.15. The van der Waals surface area contributed by atoms with Crippen LogP contribution in [0, 0.1) is 10.1 Å². The van der Waals surface area contributed by atoms with Crippen molar-refractivity contribution in [3.05, 3.63) is 63.2 Å². The summed E-state index contributed by atoms with van der Waals surface area (Å²) in [5.41, 5.74) is 0.592. The molecule has 0 saturated heterocycles. The van der Waals surface area contributed by atoms with Gasteiger partial charge in [-0.25, -0.2) is 0 Å². The predicted molar refractivity (Wildman–Crippen MR) is 92.0 cm³/mol. The molecule has 24 heavy (non-hydrogen) atoms. The topological polar surface area (TPSA) is 90.4 Å². The van der Waals surface area contributed by atoms with E-state index in [9.17, 15) is 15.2 Å². The molecule has 8 heteroatoms. The van der Waals surface area contributed by atoms with Gasteiger partial charge in [-0.3, -0.25) is 14.8 Å². The number of non-ortho nitro benzene ring substituents is 1. The van der Waals surface area contributed by atoms with E-state index in [4.69, 9.17) is 4.74 Å².